The summed E-state index contributed by atoms with van der Waals surface area (Å²) in [5, 5.41) is 12.1. The van der Waals surface area contributed by atoms with Gasteiger partial charge in [-0.2, -0.15) is 0 Å². The first-order chi connectivity index (χ1) is 10.2. The second-order valence-electron chi connectivity index (χ2n) is 4.90. The Bertz CT molecular complexity index is 804. The van der Waals surface area contributed by atoms with Crippen LogP contribution in [0.1, 0.15) is 11.1 Å². The van der Waals surface area contributed by atoms with Gasteiger partial charge in [0.1, 0.15) is 11.5 Å². The van der Waals surface area contributed by atoms with E-state index in [9.17, 15) is 5.11 Å². The van der Waals surface area contributed by atoms with E-state index in [-0.39, 0.29) is 5.75 Å². The van der Waals surface area contributed by atoms with Crippen LogP contribution in [-0.4, -0.2) is 12.2 Å². The summed E-state index contributed by atoms with van der Waals surface area (Å²) in [7, 11) is 1.59. The van der Waals surface area contributed by atoms with E-state index >= 15 is 0 Å². The van der Waals surface area contributed by atoms with E-state index in [1.807, 2.05) is 30.4 Å². The maximum Gasteiger partial charge on any atom is 0.123 e. The van der Waals surface area contributed by atoms with Gasteiger partial charge in [0.2, 0.25) is 0 Å². The summed E-state index contributed by atoms with van der Waals surface area (Å²) in [5.41, 5.74) is 2.02. The Morgan fingerprint density at radius 2 is 1.57 bits per heavy atom. The molecule has 0 fully saturated rings. The van der Waals surface area contributed by atoms with E-state index in [1.165, 1.54) is 10.8 Å². The van der Waals surface area contributed by atoms with Crippen molar-refractivity contribution in [2.75, 3.05) is 7.11 Å². The average molecular weight is 276 g/mol. The molecule has 0 heterocycles. The van der Waals surface area contributed by atoms with E-state index < -0.39 is 0 Å². The molecule has 2 heteroatoms. The first-order valence-electron chi connectivity index (χ1n) is 6.79. The van der Waals surface area contributed by atoms with Crippen molar-refractivity contribution in [1.82, 2.24) is 0 Å². The topological polar surface area (TPSA) is 29.5 Å². The molecule has 21 heavy (non-hydrogen) atoms. The van der Waals surface area contributed by atoms with Crippen LogP contribution in [0, 0.1) is 0 Å². The lowest BCUT2D eigenvalue weighted by Crippen LogP contribution is -1.83. The van der Waals surface area contributed by atoms with Crippen LogP contribution in [0.2, 0.25) is 0 Å². The highest BCUT2D eigenvalue weighted by Gasteiger charge is 1.98. The van der Waals surface area contributed by atoms with Crippen molar-refractivity contribution >= 4 is 22.9 Å². The minimum absolute atomic E-state index is 0.201. The summed E-state index contributed by atoms with van der Waals surface area (Å²) in [5.74, 6) is 0.848. The van der Waals surface area contributed by atoms with Gasteiger partial charge in [0.05, 0.1) is 7.11 Å². The van der Waals surface area contributed by atoms with E-state index in [0.29, 0.717) is 5.75 Å². The zero-order chi connectivity index (χ0) is 14.7. The highest BCUT2D eigenvalue weighted by molar-refractivity contribution is 5.86. The van der Waals surface area contributed by atoms with Crippen LogP contribution in [0.15, 0.2) is 60.7 Å². The summed E-state index contributed by atoms with van der Waals surface area (Å²) < 4.78 is 5.15. The third-order valence-electron chi connectivity index (χ3n) is 3.39. The molecule has 0 saturated heterocycles. The Morgan fingerprint density at radius 1 is 0.810 bits per heavy atom. The van der Waals surface area contributed by atoms with Crippen LogP contribution in [-0.2, 0) is 0 Å². The van der Waals surface area contributed by atoms with Gasteiger partial charge in [-0.3, -0.25) is 0 Å². The van der Waals surface area contributed by atoms with Gasteiger partial charge in [0, 0.05) is 6.07 Å². The summed E-state index contributed by atoms with van der Waals surface area (Å²) >= 11 is 0. The molecule has 0 aliphatic rings. The molecule has 0 amide bonds. The Balaban J connectivity index is 1.92. The number of methoxy groups -OCH3 is 1. The molecule has 0 atom stereocenters. The number of hydrogen-bond donors (Lipinski definition) is 1. The van der Waals surface area contributed by atoms with Crippen molar-refractivity contribution in [3.8, 4) is 11.5 Å². The third kappa shape index (κ3) is 3.06. The molecule has 2 nitrogen and oxygen atoms in total. The minimum atomic E-state index is 0.201. The third-order valence-corrected chi connectivity index (χ3v) is 3.39. The predicted molar refractivity (Wildman–Crippen MR) is 87.5 cm³/mol. The van der Waals surface area contributed by atoms with Crippen LogP contribution in [0.5, 0.6) is 11.5 Å². The fourth-order valence-corrected chi connectivity index (χ4v) is 2.32. The van der Waals surface area contributed by atoms with Gasteiger partial charge in [0.15, 0.2) is 0 Å². The maximum atomic E-state index is 9.65. The largest absolute Gasteiger partial charge is 0.508 e. The SMILES string of the molecule is COc1cc(O)cc(/C=C/c2ccc3ccccc3c2)c1. The van der Waals surface area contributed by atoms with Gasteiger partial charge in [-0.15, -0.1) is 0 Å². The summed E-state index contributed by atoms with van der Waals surface area (Å²) in [6.45, 7) is 0. The molecule has 0 aliphatic heterocycles. The maximum absolute atomic E-state index is 9.65. The number of aromatic hydroxyl groups is 1. The molecular weight excluding hydrogens is 260 g/mol. The second kappa shape index (κ2) is 5.71. The van der Waals surface area contributed by atoms with Crippen molar-refractivity contribution in [2.24, 2.45) is 0 Å². The quantitative estimate of drug-likeness (QED) is 0.701. The molecule has 0 radical (unpaired) electrons. The predicted octanol–water partition coefficient (Wildman–Crippen LogP) is 4.72. The Kier molecular flexibility index (Phi) is 3.61. The molecule has 0 spiro atoms. The highest BCUT2D eigenvalue weighted by Crippen LogP contribution is 2.23. The first-order valence-corrected chi connectivity index (χ1v) is 6.79. The first kappa shape index (κ1) is 13.3. The lowest BCUT2D eigenvalue weighted by molar-refractivity contribution is 0.407. The number of benzene rings is 3. The van der Waals surface area contributed by atoms with Gasteiger partial charge in [-0.05, 0) is 40.1 Å². The lowest BCUT2D eigenvalue weighted by Gasteiger charge is -2.03. The number of rotatable bonds is 3. The second-order valence-corrected chi connectivity index (χ2v) is 4.90. The van der Waals surface area contributed by atoms with Crippen molar-refractivity contribution in [2.45, 2.75) is 0 Å². The van der Waals surface area contributed by atoms with E-state index in [4.69, 9.17) is 4.74 Å². The molecule has 0 aromatic heterocycles. The van der Waals surface area contributed by atoms with Crippen LogP contribution >= 0.6 is 0 Å². The van der Waals surface area contributed by atoms with Crippen molar-refractivity contribution in [3.63, 3.8) is 0 Å². The highest BCUT2D eigenvalue weighted by atomic mass is 16.5. The van der Waals surface area contributed by atoms with Crippen molar-refractivity contribution < 1.29 is 9.84 Å². The summed E-state index contributed by atoms with van der Waals surface area (Å²) in [4.78, 5) is 0. The van der Waals surface area contributed by atoms with Crippen LogP contribution in [0.3, 0.4) is 0 Å². The molecule has 104 valence electrons. The van der Waals surface area contributed by atoms with Crippen LogP contribution < -0.4 is 4.74 Å². The molecule has 3 aromatic rings. The number of ether oxygens (including phenoxy) is 1. The van der Waals surface area contributed by atoms with Crippen LogP contribution in [0.4, 0.5) is 0 Å². The molecule has 0 saturated carbocycles. The molecular formula is C19H16O2. The molecule has 0 aliphatic carbocycles. The zero-order valence-electron chi connectivity index (χ0n) is 11.8. The van der Waals surface area contributed by atoms with Crippen LogP contribution in [0.25, 0.3) is 22.9 Å². The van der Waals surface area contributed by atoms with E-state index in [2.05, 4.69) is 30.3 Å². The Labute approximate surface area is 123 Å². The fraction of sp³-hybridized carbons (Fsp3) is 0.0526. The Morgan fingerprint density at radius 3 is 2.38 bits per heavy atom. The monoisotopic (exact) mass is 276 g/mol. The van der Waals surface area contributed by atoms with Gasteiger partial charge >= 0.3 is 0 Å². The van der Waals surface area contributed by atoms with Crippen molar-refractivity contribution in [3.05, 3.63) is 71.8 Å². The van der Waals surface area contributed by atoms with E-state index in [0.717, 1.165) is 11.1 Å². The minimum Gasteiger partial charge on any atom is -0.508 e. The average Bonchev–Trinajstić information content (AvgIpc) is 2.52. The standard InChI is InChI=1S/C19H16O2/c1-21-19-12-15(11-18(20)13-19)7-6-14-8-9-16-4-2-3-5-17(16)10-14/h2-13,20H,1H3/b7-6+. The number of fused-ring (bicyclic) bond motifs is 1. The molecule has 3 rings (SSSR count). The van der Waals surface area contributed by atoms with Gasteiger partial charge < -0.3 is 9.84 Å². The molecule has 1 N–H and O–H groups in total. The summed E-state index contributed by atoms with van der Waals surface area (Å²) in [6, 6.07) is 19.8. The van der Waals surface area contributed by atoms with E-state index in [1.54, 1.807) is 19.2 Å². The smallest absolute Gasteiger partial charge is 0.123 e. The summed E-state index contributed by atoms with van der Waals surface area (Å²) in [6.07, 6.45) is 3.99. The molecule has 3 aromatic carbocycles. The fourth-order valence-electron chi connectivity index (χ4n) is 2.32. The molecule has 0 unspecified atom stereocenters. The number of hydrogen-bond acceptors (Lipinski definition) is 2. The van der Waals surface area contributed by atoms with Gasteiger partial charge in [0.25, 0.3) is 0 Å². The normalized spacial score (nSPS) is 11.1. The lowest BCUT2D eigenvalue weighted by atomic mass is 10.1. The number of phenols is 1. The molecule has 0 bridgehead atoms. The van der Waals surface area contributed by atoms with Crippen molar-refractivity contribution in [1.29, 1.82) is 0 Å². The Hall–Kier alpha value is -2.74. The van der Waals surface area contributed by atoms with Gasteiger partial charge in [-0.1, -0.05) is 48.6 Å². The zero-order valence-corrected chi connectivity index (χ0v) is 11.8. The number of phenolic OH excluding ortho intramolecular Hbond substituents is 1. The van der Waals surface area contributed by atoms with Gasteiger partial charge in [-0.25, -0.2) is 0 Å².